The molecule has 1 aliphatic heterocycles. The van der Waals surface area contributed by atoms with E-state index in [9.17, 15) is 9.59 Å². The molecule has 2 amide bonds. The van der Waals surface area contributed by atoms with E-state index in [2.05, 4.69) is 16.4 Å². The van der Waals surface area contributed by atoms with E-state index in [-0.39, 0.29) is 23.3 Å². The molecule has 1 aromatic carbocycles. The van der Waals surface area contributed by atoms with Gasteiger partial charge in [0.15, 0.2) is 5.69 Å². The van der Waals surface area contributed by atoms with E-state index in [1.807, 2.05) is 55.4 Å². The van der Waals surface area contributed by atoms with Crippen molar-refractivity contribution in [1.29, 1.82) is 0 Å². The smallest absolute Gasteiger partial charge is 0.294 e. The highest BCUT2D eigenvalue weighted by Gasteiger charge is 2.28. The molecule has 150 valence electrons. The Hall–Kier alpha value is -3.19. The van der Waals surface area contributed by atoms with Gasteiger partial charge in [-0.25, -0.2) is 4.98 Å². The van der Waals surface area contributed by atoms with E-state index >= 15 is 0 Å². The number of benzene rings is 1. The first-order valence-electron chi connectivity index (χ1n) is 9.86. The second-order valence-corrected chi connectivity index (χ2v) is 7.49. The lowest BCUT2D eigenvalue weighted by Crippen LogP contribution is -2.36. The van der Waals surface area contributed by atoms with Gasteiger partial charge in [0.05, 0.1) is 5.52 Å². The topological polar surface area (TPSA) is 70.0 Å². The average molecular weight is 391 g/mol. The molecule has 29 heavy (non-hydrogen) atoms. The predicted molar refractivity (Wildman–Crippen MR) is 113 cm³/mol. The molecule has 7 heteroatoms. The molecule has 1 N–H and O–H groups in total. The van der Waals surface area contributed by atoms with Crippen molar-refractivity contribution >= 4 is 23.0 Å². The third-order valence-corrected chi connectivity index (χ3v) is 5.15. The Morgan fingerprint density at radius 1 is 1.14 bits per heavy atom. The molecule has 4 rings (SSSR count). The second-order valence-electron chi connectivity index (χ2n) is 7.49. The van der Waals surface area contributed by atoms with E-state index in [1.54, 1.807) is 15.5 Å². The van der Waals surface area contributed by atoms with Crippen LogP contribution in [0.1, 0.15) is 33.1 Å². The number of fused-ring (bicyclic) bond motifs is 2. The van der Waals surface area contributed by atoms with Gasteiger partial charge < -0.3 is 15.1 Å². The maximum Gasteiger partial charge on any atom is 0.294 e. The molecule has 7 nitrogen and oxygen atoms in total. The third-order valence-electron chi connectivity index (χ3n) is 5.15. The van der Waals surface area contributed by atoms with Gasteiger partial charge in [-0.05, 0) is 50.7 Å². The lowest BCUT2D eigenvalue weighted by molar-refractivity contribution is 0.0948. The second kappa shape index (κ2) is 8.05. The average Bonchev–Trinajstić information content (AvgIpc) is 3.12. The number of carbonyl (C=O) groups is 2. The first-order valence-corrected chi connectivity index (χ1v) is 9.86. The van der Waals surface area contributed by atoms with Gasteiger partial charge in [-0.15, -0.1) is 0 Å². The number of imidazole rings is 1. The van der Waals surface area contributed by atoms with Gasteiger partial charge in [-0.3, -0.25) is 14.0 Å². The SMILES string of the molecule is CN(C)CCNC(=O)c1nc(C(=O)N2CCCc3ccccc32)n2ccccc12. The van der Waals surface area contributed by atoms with E-state index < -0.39 is 0 Å². The zero-order valence-corrected chi connectivity index (χ0v) is 16.8. The van der Waals surface area contributed by atoms with Gasteiger partial charge in [0.1, 0.15) is 0 Å². The summed E-state index contributed by atoms with van der Waals surface area (Å²) in [6.45, 7) is 1.89. The number of nitrogens with one attached hydrogen (secondary N) is 1. The number of rotatable bonds is 5. The molecular weight excluding hydrogens is 366 g/mol. The number of likely N-dealkylation sites (N-methyl/N-ethyl adjacent to an activating group) is 1. The van der Waals surface area contributed by atoms with Crippen LogP contribution in [0.2, 0.25) is 0 Å². The molecule has 1 aliphatic rings. The molecule has 0 radical (unpaired) electrons. The standard InChI is InChI=1S/C22H25N5O2/c1-25(2)15-12-23-21(28)19-18-11-5-6-13-26(18)20(24-19)22(29)27-14-7-9-16-8-3-4-10-17(16)27/h3-6,8,10-11,13H,7,9,12,14-15H2,1-2H3,(H,23,28). The van der Waals surface area contributed by atoms with Crippen LogP contribution in [0.4, 0.5) is 5.69 Å². The lowest BCUT2D eigenvalue weighted by Gasteiger charge is -2.28. The van der Waals surface area contributed by atoms with Crippen LogP contribution in [0.3, 0.4) is 0 Å². The third kappa shape index (κ3) is 3.73. The van der Waals surface area contributed by atoms with E-state index in [0.717, 1.165) is 30.6 Å². The Bertz CT molecular complexity index is 1060. The number of hydrogen-bond donors (Lipinski definition) is 1. The summed E-state index contributed by atoms with van der Waals surface area (Å²) in [4.78, 5) is 34.4. The van der Waals surface area contributed by atoms with Crippen molar-refractivity contribution in [2.75, 3.05) is 38.6 Å². The van der Waals surface area contributed by atoms with Crippen molar-refractivity contribution in [3.8, 4) is 0 Å². The van der Waals surface area contributed by atoms with Crippen LogP contribution < -0.4 is 10.2 Å². The Kier molecular flexibility index (Phi) is 5.31. The Morgan fingerprint density at radius 3 is 2.76 bits per heavy atom. The number of aromatic nitrogens is 2. The van der Waals surface area contributed by atoms with Crippen LogP contribution >= 0.6 is 0 Å². The fourth-order valence-electron chi connectivity index (χ4n) is 3.70. The number of aryl methyl sites for hydroxylation is 1. The summed E-state index contributed by atoms with van der Waals surface area (Å²) in [5.41, 5.74) is 2.99. The molecule has 0 saturated heterocycles. The molecule has 0 spiro atoms. The maximum atomic E-state index is 13.4. The molecule has 0 fully saturated rings. The molecule has 2 aromatic heterocycles. The molecule has 3 aromatic rings. The minimum atomic E-state index is -0.270. The molecule has 0 aliphatic carbocycles. The minimum absolute atomic E-state index is 0.189. The maximum absolute atomic E-state index is 13.4. The van der Waals surface area contributed by atoms with Gasteiger partial charge in [-0.2, -0.15) is 0 Å². The van der Waals surface area contributed by atoms with Gasteiger partial charge in [0.2, 0.25) is 5.82 Å². The Morgan fingerprint density at radius 2 is 1.93 bits per heavy atom. The van der Waals surface area contributed by atoms with Gasteiger partial charge in [0, 0.05) is 31.5 Å². The van der Waals surface area contributed by atoms with Crippen LogP contribution in [0.15, 0.2) is 48.7 Å². The summed E-state index contributed by atoms with van der Waals surface area (Å²) >= 11 is 0. The van der Waals surface area contributed by atoms with Crippen molar-refractivity contribution in [2.45, 2.75) is 12.8 Å². The first-order chi connectivity index (χ1) is 14.1. The van der Waals surface area contributed by atoms with Crippen molar-refractivity contribution in [3.63, 3.8) is 0 Å². The van der Waals surface area contributed by atoms with Crippen LogP contribution in [0, 0.1) is 0 Å². The Balaban J connectivity index is 1.68. The monoisotopic (exact) mass is 391 g/mol. The number of anilines is 1. The molecule has 0 atom stereocenters. The number of carbonyl (C=O) groups excluding carboxylic acids is 2. The first kappa shape index (κ1) is 19.1. The van der Waals surface area contributed by atoms with Crippen LogP contribution in [0.5, 0.6) is 0 Å². The van der Waals surface area contributed by atoms with Crippen molar-refractivity contribution < 1.29 is 9.59 Å². The summed E-state index contributed by atoms with van der Waals surface area (Å²) in [6.07, 6.45) is 3.65. The molecule has 0 unspecified atom stereocenters. The van der Waals surface area contributed by atoms with Crippen LogP contribution in [0.25, 0.3) is 5.52 Å². The summed E-state index contributed by atoms with van der Waals surface area (Å²) in [6, 6.07) is 13.5. The highest BCUT2D eigenvalue weighted by atomic mass is 16.2. The van der Waals surface area contributed by atoms with E-state index in [0.29, 0.717) is 18.6 Å². The van der Waals surface area contributed by atoms with Crippen LogP contribution in [-0.4, -0.2) is 59.8 Å². The lowest BCUT2D eigenvalue weighted by atomic mass is 10.0. The van der Waals surface area contributed by atoms with Crippen molar-refractivity contribution in [1.82, 2.24) is 19.6 Å². The highest BCUT2D eigenvalue weighted by molar-refractivity contribution is 6.07. The quantitative estimate of drug-likeness (QED) is 0.724. The van der Waals surface area contributed by atoms with E-state index in [4.69, 9.17) is 0 Å². The predicted octanol–water partition coefficient (Wildman–Crippen LogP) is 2.22. The van der Waals surface area contributed by atoms with Gasteiger partial charge in [-0.1, -0.05) is 24.3 Å². The summed E-state index contributed by atoms with van der Waals surface area (Å²) in [7, 11) is 3.90. The van der Waals surface area contributed by atoms with Gasteiger partial charge in [0.25, 0.3) is 11.8 Å². The fourth-order valence-corrected chi connectivity index (χ4v) is 3.70. The number of amides is 2. The van der Waals surface area contributed by atoms with E-state index in [1.165, 1.54) is 0 Å². The number of hydrogen-bond acceptors (Lipinski definition) is 4. The zero-order valence-electron chi connectivity index (χ0n) is 16.8. The highest BCUT2D eigenvalue weighted by Crippen LogP contribution is 2.28. The molecule has 0 saturated carbocycles. The summed E-state index contributed by atoms with van der Waals surface area (Å²) in [5.74, 6) is -0.200. The number of nitrogens with zero attached hydrogens (tertiary/aromatic N) is 4. The number of pyridine rings is 1. The molecule has 3 heterocycles. The largest absolute Gasteiger partial charge is 0.349 e. The summed E-state index contributed by atoms with van der Waals surface area (Å²) in [5, 5.41) is 2.89. The molecular formula is C22H25N5O2. The van der Waals surface area contributed by atoms with Gasteiger partial charge >= 0.3 is 0 Å². The number of para-hydroxylation sites is 1. The summed E-state index contributed by atoms with van der Waals surface area (Å²) < 4.78 is 1.71. The fraction of sp³-hybridized carbons (Fsp3) is 0.318. The molecule has 0 bridgehead atoms. The normalized spacial score (nSPS) is 13.6. The van der Waals surface area contributed by atoms with Crippen LogP contribution in [-0.2, 0) is 6.42 Å². The van der Waals surface area contributed by atoms with Crippen molar-refractivity contribution in [3.05, 3.63) is 65.7 Å². The van der Waals surface area contributed by atoms with Crippen molar-refractivity contribution in [2.24, 2.45) is 0 Å². The zero-order chi connectivity index (χ0) is 20.4. The Labute approximate surface area is 169 Å². The minimum Gasteiger partial charge on any atom is -0.349 e.